The third-order valence-corrected chi connectivity index (χ3v) is 10.6. The largest absolute Gasteiger partial charge is 0.469 e. The Kier molecular flexibility index (Phi) is 7.73. The predicted molar refractivity (Wildman–Crippen MR) is 139 cm³/mol. The van der Waals surface area contributed by atoms with Crippen LogP contribution in [0.15, 0.2) is 23.8 Å². The molecule has 8 atom stereocenters. The number of aliphatic hydroxyl groups is 1. The molecule has 4 rings (SSSR count). The van der Waals surface area contributed by atoms with Crippen LogP contribution >= 0.6 is 0 Å². The van der Waals surface area contributed by atoms with Crippen LogP contribution in [0.4, 0.5) is 4.39 Å². The van der Waals surface area contributed by atoms with Gasteiger partial charge >= 0.3 is 11.9 Å². The van der Waals surface area contributed by atoms with Gasteiger partial charge in [0, 0.05) is 22.7 Å². The van der Waals surface area contributed by atoms with Crippen molar-refractivity contribution in [3.8, 4) is 0 Å². The fourth-order valence-electron chi connectivity index (χ4n) is 8.20. The van der Waals surface area contributed by atoms with E-state index in [1.54, 1.807) is 20.8 Å². The number of fused-ring (bicyclic) bond motifs is 5. The summed E-state index contributed by atoms with van der Waals surface area (Å²) in [4.78, 5) is 50.7. The molecule has 0 unspecified atom stereocenters. The molecular weight excluding hydrogens is 547 g/mol. The second-order valence-electron chi connectivity index (χ2n) is 12.1. The highest BCUT2D eigenvalue weighted by Crippen LogP contribution is 2.71. The number of esters is 2. The van der Waals surface area contributed by atoms with E-state index in [4.69, 9.17) is 8.92 Å². The summed E-state index contributed by atoms with van der Waals surface area (Å²) in [5.74, 6) is -4.59. The van der Waals surface area contributed by atoms with E-state index in [1.807, 2.05) is 0 Å². The number of aliphatic hydroxyl groups excluding tert-OH is 1. The van der Waals surface area contributed by atoms with E-state index in [0.717, 1.165) is 6.26 Å². The van der Waals surface area contributed by atoms with Gasteiger partial charge in [0.2, 0.25) is 5.78 Å². The van der Waals surface area contributed by atoms with Crippen LogP contribution in [0.25, 0.3) is 0 Å². The molecule has 40 heavy (non-hydrogen) atoms. The lowest BCUT2D eigenvalue weighted by Crippen LogP contribution is -2.70. The van der Waals surface area contributed by atoms with Gasteiger partial charge in [0.1, 0.15) is 6.61 Å². The van der Waals surface area contributed by atoms with Gasteiger partial charge < -0.3 is 14.6 Å². The maximum Gasteiger partial charge on any atom is 0.307 e. The van der Waals surface area contributed by atoms with Gasteiger partial charge in [-0.15, -0.1) is 0 Å². The molecular formula is C28H37FO10S. The molecule has 0 bridgehead atoms. The lowest BCUT2D eigenvalue weighted by molar-refractivity contribution is -0.228. The highest BCUT2D eigenvalue weighted by molar-refractivity contribution is 7.86. The number of halogens is 1. The average molecular weight is 585 g/mol. The van der Waals surface area contributed by atoms with Crippen LogP contribution in [0, 0.1) is 28.6 Å². The minimum Gasteiger partial charge on any atom is -0.469 e. The van der Waals surface area contributed by atoms with Crippen molar-refractivity contribution in [1.82, 2.24) is 0 Å². The SMILES string of the molecule is COC(=O)CCC(=O)O[C@]1(C(=O)COS(C)(=O)=O)[C@@H](C)C[C@H]2[C@@H]3CCC4=CC(=O)C=C[C@]4(C)[C@@]3(F)[C@@H](O)C[C@@]21C. The first-order chi connectivity index (χ1) is 18.5. The Morgan fingerprint density at radius 3 is 2.42 bits per heavy atom. The molecule has 12 heteroatoms. The molecule has 222 valence electrons. The highest BCUT2D eigenvalue weighted by atomic mass is 32.2. The van der Waals surface area contributed by atoms with Crippen LogP contribution < -0.4 is 0 Å². The van der Waals surface area contributed by atoms with Gasteiger partial charge in [-0.25, -0.2) is 4.39 Å². The zero-order valence-electron chi connectivity index (χ0n) is 23.4. The van der Waals surface area contributed by atoms with E-state index in [2.05, 4.69) is 4.74 Å². The number of Topliss-reactive ketones (excluding diaryl/α,β-unsaturated/α-hetero) is 1. The molecule has 0 amide bonds. The molecule has 1 N–H and O–H groups in total. The Labute approximate surface area is 233 Å². The van der Waals surface area contributed by atoms with Crippen LogP contribution in [-0.4, -0.2) is 74.4 Å². The number of methoxy groups -OCH3 is 1. The molecule has 0 aromatic heterocycles. The first-order valence-corrected chi connectivity index (χ1v) is 15.3. The molecule has 0 aromatic rings. The van der Waals surface area contributed by atoms with Crippen molar-refractivity contribution in [3.05, 3.63) is 23.8 Å². The van der Waals surface area contributed by atoms with Crippen molar-refractivity contribution < 1.29 is 50.7 Å². The summed E-state index contributed by atoms with van der Waals surface area (Å²) in [6.45, 7) is 4.11. The van der Waals surface area contributed by atoms with Gasteiger partial charge in [0.25, 0.3) is 10.1 Å². The average Bonchev–Trinajstić information content (AvgIpc) is 3.08. The summed E-state index contributed by atoms with van der Waals surface area (Å²) in [5.41, 5.74) is -6.07. The number of carbonyl (C=O) groups is 4. The monoisotopic (exact) mass is 584 g/mol. The lowest BCUT2D eigenvalue weighted by atomic mass is 9.44. The molecule has 3 fully saturated rings. The van der Waals surface area contributed by atoms with Crippen molar-refractivity contribution in [3.63, 3.8) is 0 Å². The summed E-state index contributed by atoms with van der Waals surface area (Å²) in [5, 5.41) is 11.6. The molecule has 3 saturated carbocycles. The summed E-state index contributed by atoms with van der Waals surface area (Å²) < 4.78 is 56.3. The number of allylic oxidation sites excluding steroid dienone is 4. The number of ketones is 2. The minimum absolute atomic E-state index is 0.242. The van der Waals surface area contributed by atoms with Gasteiger partial charge in [-0.3, -0.25) is 23.4 Å². The summed E-state index contributed by atoms with van der Waals surface area (Å²) in [6.07, 6.45) is 3.43. The third kappa shape index (κ3) is 4.46. The Balaban J connectivity index is 1.78. The second kappa shape index (κ2) is 10.1. The number of alkyl halides is 1. The summed E-state index contributed by atoms with van der Waals surface area (Å²) in [7, 11) is -2.87. The standard InChI is InChI=1S/C28H37FO10S/c1-16-12-20-19-7-6-17-13-18(30)10-11-25(17,2)27(19,29)21(31)14-26(20,3)28(16,22(32)15-38-40(5,35)36)39-24(34)9-8-23(33)37-4/h10-11,13,16,19-21,31H,6-9,12,14-15H2,1-5H3/t16-,19-,20-,21-,25-,26-,27-,28-/m0/s1. The van der Waals surface area contributed by atoms with E-state index in [1.165, 1.54) is 25.3 Å². The van der Waals surface area contributed by atoms with Crippen molar-refractivity contribution in [2.24, 2.45) is 28.6 Å². The zero-order chi connectivity index (χ0) is 29.9. The van der Waals surface area contributed by atoms with E-state index >= 15 is 4.39 Å². The number of carbonyl (C=O) groups excluding carboxylic acids is 4. The van der Waals surface area contributed by atoms with Crippen molar-refractivity contribution >= 4 is 33.6 Å². The van der Waals surface area contributed by atoms with Gasteiger partial charge in [0.15, 0.2) is 17.1 Å². The lowest BCUT2D eigenvalue weighted by Gasteiger charge is -2.62. The molecule has 10 nitrogen and oxygen atoms in total. The number of hydrogen-bond acceptors (Lipinski definition) is 10. The minimum atomic E-state index is -4.03. The first kappa shape index (κ1) is 30.5. The Morgan fingerprint density at radius 2 is 1.80 bits per heavy atom. The fraction of sp³-hybridized carbons (Fsp3) is 0.714. The van der Waals surface area contributed by atoms with E-state index in [-0.39, 0.29) is 25.0 Å². The van der Waals surface area contributed by atoms with Gasteiger partial charge in [0.05, 0.1) is 32.3 Å². The van der Waals surface area contributed by atoms with Crippen LogP contribution in [0.5, 0.6) is 0 Å². The fourth-order valence-corrected chi connectivity index (χ4v) is 8.52. The van der Waals surface area contributed by atoms with Gasteiger partial charge in [-0.2, -0.15) is 8.42 Å². The van der Waals surface area contributed by atoms with Crippen LogP contribution in [0.2, 0.25) is 0 Å². The Hall–Kier alpha value is -2.44. The first-order valence-electron chi connectivity index (χ1n) is 13.4. The molecule has 0 aromatic carbocycles. The molecule has 0 heterocycles. The maximum absolute atomic E-state index is 17.5. The van der Waals surface area contributed by atoms with Crippen molar-refractivity contribution in [2.75, 3.05) is 20.0 Å². The van der Waals surface area contributed by atoms with Crippen LogP contribution in [0.1, 0.15) is 59.3 Å². The topological polar surface area (TPSA) is 150 Å². The van der Waals surface area contributed by atoms with Crippen LogP contribution in [-0.2, 0) is 43.0 Å². The normalized spacial score (nSPS) is 40.4. The molecule has 0 radical (unpaired) electrons. The van der Waals surface area contributed by atoms with Crippen LogP contribution in [0.3, 0.4) is 0 Å². The smallest absolute Gasteiger partial charge is 0.307 e. The van der Waals surface area contributed by atoms with Gasteiger partial charge in [-0.1, -0.05) is 25.5 Å². The third-order valence-electron chi connectivity index (χ3n) is 10.0. The molecule has 4 aliphatic rings. The van der Waals surface area contributed by atoms with E-state index in [9.17, 15) is 32.7 Å². The number of rotatable bonds is 8. The van der Waals surface area contributed by atoms with Crippen molar-refractivity contribution in [1.29, 1.82) is 0 Å². The molecule has 4 aliphatic carbocycles. The predicted octanol–water partition coefficient (Wildman–Crippen LogP) is 2.38. The summed E-state index contributed by atoms with van der Waals surface area (Å²) in [6, 6.07) is 0. The number of hydrogen-bond donors (Lipinski definition) is 1. The van der Waals surface area contributed by atoms with Gasteiger partial charge in [-0.05, 0) is 50.7 Å². The quantitative estimate of drug-likeness (QED) is 0.333. The molecule has 0 spiro atoms. The molecule has 0 saturated heterocycles. The molecule has 0 aliphatic heterocycles. The highest BCUT2D eigenvalue weighted by Gasteiger charge is 2.77. The van der Waals surface area contributed by atoms with Crippen molar-refractivity contribution in [2.45, 2.75) is 76.7 Å². The Bertz CT molecular complexity index is 1290. The zero-order valence-corrected chi connectivity index (χ0v) is 24.2. The Morgan fingerprint density at radius 1 is 1.15 bits per heavy atom. The maximum atomic E-state index is 17.5. The number of ether oxygens (including phenoxy) is 2. The van der Waals surface area contributed by atoms with E-state index < -0.39 is 86.8 Å². The van der Waals surface area contributed by atoms with E-state index in [0.29, 0.717) is 18.4 Å². The second-order valence-corrected chi connectivity index (χ2v) is 13.7. The summed E-state index contributed by atoms with van der Waals surface area (Å²) >= 11 is 0.